The van der Waals surface area contributed by atoms with Crippen molar-refractivity contribution in [1.29, 1.82) is 0 Å². The zero-order valence-corrected chi connectivity index (χ0v) is 13.6. The molecule has 4 rings (SSSR count). The fourth-order valence-electron chi connectivity index (χ4n) is 2.76. The molecule has 1 heterocycles. The van der Waals surface area contributed by atoms with Crippen LogP contribution in [0.1, 0.15) is 5.56 Å². The van der Waals surface area contributed by atoms with Crippen LogP contribution >= 0.6 is 7.60 Å². The number of ether oxygens (including phenoxy) is 1. The first kappa shape index (κ1) is 15.0. The maximum Gasteiger partial charge on any atom is 0.408 e. The summed E-state index contributed by atoms with van der Waals surface area (Å²) >= 11 is 0. The summed E-state index contributed by atoms with van der Waals surface area (Å²) in [6.07, 6.45) is 0. The second-order valence-electron chi connectivity index (χ2n) is 5.56. The van der Waals surface area contributed by atoms with E-state index in [0.717, 1.165) is 11.1 Å². The largest absolute Gasteiger partial charge is 0.489 e. The van der Waals surface area contributed by atoms with Crippen LogP contribution in [-0.2, 0) is 11.2 Å². The first-order valence-electron chi connectivity index (χ1n) is 7.57. The van der Waals surface area contributed by atoms with Crippen molar-refractivity contribution in [1.82, 2.24) is 0 Å². The van der Waals surface area contributed by atoms with Gasteiger partial charge in [-0.2, -0.15) is 0 Å². The highest BCUT2D eigenvalue weighted by Gasteiger charge is 2.34. The lowest BCUT2D eigenvalue weighted by Crippen LogP contribution is -2.16. The van der Waals surface area contributed by atoms with E-state index in [1.807, 2.05) is 48.5 Å². The number of hydrogen-bond acceptors (Lipinski definition) is 3. The molecule has 0 fully saturated rings. The predicted molar refractivity (Wildman–Crippen MR) is 92.7 cm³/mol. The number of fused-ring (bicyclic) bond motifs is 3. The van der Waals surface area contributed by atoms with Crippen LogP contribution in [0, 0.1) is 0 Å². The molecule has 1 N–H and O–H groups in total. The van der Waals surface area contributed by atoms with Crippen LogP contribution < -0.4 is 14.6 Å². The molecule has 1 aliphatic heterocycles. The Bertz CT molecular complexity index is 937. The Hall–Kier alpha value is -2.55. The van der Waals surface area contributed by atoms with Gasteiger partial charge in [-0.05, 0) is 29.8 Å². The van der Waals surface area contributed by atoms with Gasteiger partial charge < -0.3 is 14.2 Å². The van der Waals surface area contributed by atoms with Gasteiger partial charge in [-0.25, -0.2) is 4.57 Å². The highest BCUT2D eigenvalue weighted by molar-refractivity contribution is 7.62. The highest BCUT2D eigenvalue weighted by atomic mass is 31.2. The summed E-state index contributed by atoms with van der Waals surface area (Å²) in [4.78, 5) is 10.1. The van der Waals surface area contributed by atoms with Crippen molar-refractivity contribution in [3.8, 4) is 22.6 Å². The van der Waals surface area contributed by atoms with Crippen LogP contribution in [0.2, 0.25) is 0 Å². The minimum Gasteiger partial charge on any atom is -0.489 e. The van der Waals surface area contributed by atoms with Crippen molar-refractivity contribution >= 4 is 12.9 Å². The van der Waals surface area contributed by atoms with Gasteiger partial charge in [0.1, 0.15) is 18.1 Å². The summed E-state index contributed by atoms with van der Waals surface area (Å²) in [5, 5.41) is 0.317. The van der Waals surface area contributed by atoms with Crippen molar-refractivity contribution < 1.29 is 18.7 Å². The van der Waals surface area contributed by atoms with Crippen molar-refractivity contribution in [3.63, 3.8) is 0 Å². The van der Waals surface area contributed by atoms with Gasteiger partial charge in [-0.3, -0.25) is 0 Å². The Balaban J connectivity index is 1.68. The van der Waals surface area contributed by atoms with Crippen LogP contribution in [0.15, 0.2) is 72.8 Å². The minimum absolute atomic E-state index is 0.317. The Morgan fingerprint density at radius 3 is 2.50 bits per heavy atom. The van der Waals surface area contributed by atoms with Crippen LogP contribution in [0.25, 0.3) is 11.1 Å². The molecule has 0 saturated carbocycles. The third-order valence-corrected chi connectivity index (χ3v) is 5.36. The van der Waals surface area contributed by atoms with E-state index in [0.29, 0.717) is 29.0 Å². The fourth-order valence-corrected chi connectivity index (χ4v) is 4.06. The van der Waals surface area contributed by atoms with E-state index in [1.165, 1.54) is 0 Å². The zero-order chi connectivity index (χ0) is 16.6. The lowest BCUT2D eigenvalue weighted by molar-refractivity contribution is 0.306. The average Bonchev–Trinajstić information content (AvgIpc) is 2.61. The van der Waals surface area contributed by atoms with E-state index in [1.54, 1.807) is 24.3 Å². The molecule has 0 aliphatic carbocycles. The molecule has 0 aromatic heterocycles. The van der Waals surface area contributed by atoms with Crippen LogP contribution in [0.4, 0.5) is 0 Å². The quantitative estimate of drug-likeness (QED) is 0.730. The summed E-state index contributed by atoms with van der Waals surface area (Å²) in [6.45, 7) is 0.459. The topological polar surface area (TPSA) is 55.8 Å². The lowest BCUT2D eigenvalue weighted by atomic mass is 10.0. The molecule has 0 bridgehead atoms. The van der Waals surface area contributed by atoms with E-state index in [4.69, 9.17) is 9.26 Å². The van der Waals surface area contributed by atoms with Crippen LogP contribution in [0.3, 0.4) is 0 Å². The van der Waals surface area contributed by atoms with E-state index < -0.39 is 7.60 Å². The maximum absolute atomic E-state index is 12.3. The van der Waals surface area contributed by atoms with Gasteiger partial charge in [0.05, 0.1) is 5.30 Å². The van der Waals surface area contributed by atoms with E-state index in [-0.39, 0.29) is 0 Å². The summed E-state index contributed by atoms with van der Waals surface area (Å²) in [5.74, 6) is 1.08. The van der Waals surface area contributed by atoms with Crippen molar-refractivity contribution in [2.45, 2.75) is 6.61 Å². The van der Waals surface area contributed by atoms with Crippen molar-refractivity contribution in [2.75, 3.05) is 0 Å². The van der Waals surface area contributed by atoms with Gasteiger partial charge in [-0.15, -0.1) is 0 Å². The first-order valence-corrected chi connectivity index (χ1v) is 9.14. The summed E-state index contributed by atoms with van der Waals surface area (Å²) in [7, 11) is -3.83. The minimum atomic E-state index is -3.83. The Morgan fingerprint density at radius 2 is 1.67 bits per heavy atom. The molecule has 5 heteroatoms. The zero-order valence-electron chi connectivity index (χ0n) is 12.8. The standard InChI is InChI=1S/C19H15O4P/c20-24(21)19-9-5-4-8-16(19)17-12-15(10-11-18(17)23-24)22-13-14-6-2-1-3-7-14/h1-12H,13H2,(H,20,21). The average molecular weight is 338 g/mol. The first-order chi connectivity index (χ1) is 11.6. The molecular formula is C19H15O4P. The Morgan fingerprint density at radius 1 is 0.917 bits per heavy atom. The van der Waals surface area contributed by atoms with Crippen molar-refractivity contribution in [2.24, 2.45) is 0 Å². The lowest BCUT2D eigenvalue weighted by Gasteiger charge is -2.24. The van der Waals surface area contributed by atoms with Gasteiger partial charge in [0.15, 0.2) is 0 Å². The second-order valence-corrected chi connectivity index (χ2v) is 7.27. The van der Waals surface area contributed by atoms with E-state index in [9.17, 15) is 9.46 Å². The number of benzene rings is 3. The molecule has 4 nitrogen and oxygen atoms in total. The van der Waals surface area contributed by atoms with Crippen LogP contribution in [0.5, 0.6) is 11.5 Å². The number of hydrogen-bond donors (Lipinski definition) is 1. The molecule has 1 unspecified atom stereocenters. The van der Waals surface area contributed by atoms with Gasteiger partial charge in [0, 0.05) is 11.1 Å². The molecule has 0 spiro atoms. The van der Waals surface area contributed by atoms with E-state index in [2.05, 4.69) is 0 Å². The molecule has 24 heavy (non-hydrogen) atoms. The molecule has 3 aromatic rings. The SMILES string of the molecule is O=P1(O)Oc2ccc(OCc3ccccc3)cc2-c2ccccc21. The molecule has 120 valence electrons. The molecular weight excluding hydrogens is 323 g/mol. The predicted octanol–water partition coefficient (Wildman–Crippen LogP) is 4.14. The highest BCUT2D eigenvalue weighted by Crippen LogP contribution is 2.52. The normalized spacial score (nSPS) is 18.2. The van der Waals surface area contributed by atoms with Gasteiger partial charge >= 0.3 is 7.60 Å². The van der Waals surface area contributed by atoms with Crippen molar-refractivity contribution in [3.05, 3.63) is 78.4 Å². The summed E-state index contributed by atoms with van der Waals surface area (Å²) < 4.78 is 23.5. The Labute approximate surface area is 139 Å². The third-order valence-electron chi connectivity index (χ3n) is 3.92. The molecule has 1 atom stereocenters. The third kappa shape index (κ3) is 2.71. The van der Waals surface area contributed by atoms with Gasteiger partial charge in [-0.1, -0.05) is 48.5 Å². The number of rotatable bonds is 3. The monoisotopic (exact) mass is 338 g/mol. The van der Waals surface area contributed by atoms with Crippen LogP contribution in [-0.4, -0.2) is 4.89 Å². The molecule has 0 saturated heterocycles. The molecule has 0 radical (unpaired) electrons. The van der Waals surface area contributed by atoms with Gasteiger partial charge in [0.2, 0.25) is 0 Å². The fraction of sp³-hybridized carbons (Fsp3) is 0.0526. The molecule has 1 aliphatic rings. The summed E-state index contributed by atoms with van der Waals surface area (Å²) in [5.41, 5.74) is 2.54. The molecule has 3 aromatic carbocycles. The summed E-state index contributed by atoms with van der Waals surface area (Å²) in [6, 6.07) is 22.2. The van der Waals surface area contributed by atoms with E-state index >= 15 is 0 Å². The Kier molecular flexibility index (Phi) is 3.64. The smallest absolute Gasteiger partial charge is 0.408 e. The second kappa shape index (κ2) is 5.82. The maximum atomic E-state index is 12.3. The van der Waals surface area contributed by atoms with Gasteiger partial charge in [0.25, 0.3) is 0 Å². The molecule has 0 amide bonds.